The van der Waals surface area contributed by atoms with Crippen LogP contribution in [0.5, 0.6) is 0 Å². The number of aromatic nitrogens is 4. The van der Waals surface area contributed by atoms with E-state index >= 15 is 0 Å². The van der Waals surface area contributed by atoms with Crippen LogP contribution in [-0.4, -0.2) is 47.1 Å². The topological polar surface area (TPSA) is 55.6 Å². The predicted molar refractivity (Wildman–Crippen MR) is 138 cm³/mol. The number of imidazole rings is 1. The van der Waals surface area contributed by atoms with E-state index in [1.165, 1.54) is 5.69 Å². The number of rotatable bonds is 5. The lowest BCUT2D eigenvalue weighted by atomic mass is 9.88. The van der Waals surface area contributed by atoms with Gasteiger partial charge in [0.1, 0.15) is 11.0 Å². The van der Waals surface area contributed by atoms with E-state index in [9.17, 15) is 0 Å². The van der Waals surface area contributed by atoms with Crippen molar-refractivity contribution in [1.29, 1.82) is 0 Å². The Balaban J connectivity index is 1.56. The molecule has 8 heteroatoms. The van der Waals surface area contributed by atoms with Crippen molar-refractivity contribution in [2.75, 3.05) is 18.0 Å². The molecule has 0 spiro atoms. The van der Waals surface area contributed by atoms with Gasteiger partial charge in [-0.1, -0.05) is 46.2 Å². The van der Waals surface area contributed by atoms with Crippen LogP contribution in [0.2, 0.25) is 23.3 Å². The van der Waals surface area contributed by atoms with E-state index in [-0.39, 0.29) is 11.1 Å². The maximum absolute atomic E-state index is 6.89. The Bertz CT molecular complexity index is 1110. The zero-order chi connectivity index (χ0) is 24.0. The minimum absolute atomic E-state index is 0.214. The molecule has 1 aliphatic rings. The van der Waals surface area contributed by atoms with E-state index < -0.39 is 8.32 Å². The first-order valence-electron chi connectivity index (χ1n) is 11.8. The quantitative estimate of drug-likeness (QED) is 0.424. The van der Waals surface area contributed by atoms with Crippen molar-refractivity contribution in [1.82, 2.24) is 19.6 Å². The van der Waals surface area contributed by atoms with Gasteiger partial charge in [-0.05, 0) is 48.2 Å². The highest BCUT2D eigenvalue weighted by Gasteiger charge is 2.43. The number of hydrogen-bond donors (Lipinski definition) is 0. The molecular formula is C25H36ClN5OSi. The average molecular weight is 486 g/mol. The van der Waals surface area contributed by atoms with Crippen molar-refractivity contribution in [2.45, 2.75) is 65.3 Å². The Morgan fingerprint density at radius 3 is 2.45 bits per heavy atom. The smallest absolute Gasteiger partial charge is 0.192 e. The summed E-state index contributed by atoms with van der Waals surface area (Å²) in [5.41, 5.74) is 3.30. The minimum atomic E-state index is -1.82. The van der Waals surface area contributed by atoms with E-state index in [1.807, 2.05) is 29.2 Å². The molecule has 0 radical (unpaired) electrons. The lowest BCUT2D eigenvalue weighted by Gasteiger charge is -2.48. The molecule has 1 unspecified atom stereocenters. The number of halogens is 1. The molecule has 0 aliphatic carbocycles. The third-order valence-corrected chi connectivity index (χ3v) is 12.0. The molecule has 3 aromatic rings. The van der Waals surface area contributed by atoms with Crippen molar-refractivity contribution in [3.8, 4) is 0 Å². The van der Waals surface area contributed by atoms with Gasteiger partial charge in [0.2, 0.25) is 0 Å². The largest absolute Gasteiger partial charge is 0.413 e. The summed E-state index contributed by atoms with van der Waals surface area (Å²) in [6, 6.07) is 5.85. The highest BCUT2D eigenvalue weighted by Crippen LogP contribution is 2.40. The van der Waals surface area contributed by atoms with Gasteiger partial charge in [-0.25, -0.2) is 9.50 Å². The van der Waals surface area contributed by atoms with Gasteiger partial charge in [0.05, 0.1) is 17.8 Å². The summed E-state index contributed by atoms with van der Waals surface area (Å²) in [6.07, 6.45) is 6.60. The SMILES string of the molecule is C[C@@H]1CN(c2ccncc2Cc2ncc3ccc(Cl)nn23)C[C@H](C)C1O[Si](C)(C)C(C)(C)C. The third-order valence-electron chi connectivity index (χ3n) is 7.36. The van der Waals surface area contributed by atoms with Crippen molar-refractivity contribution < 1.29 is 4.43 Å². The first-order valence-corrected chi connectivity index (χ1v) is 15.1. The molecule has 1 aliphatic heterocycles. The Morgan fingerprint density at radius 1 is 1.09 bits per heavy atom. The molecule has 0 aromatic carbocycles. The zero-order valence-corrected chi connectivity index (χ0v) is 22.6. The standard InChI is InChI=1S/C25H36ClN5OSi/c1-17-15-30(16-18(2)24(17)32-33(6,7)25(3,4)5)21-10-11-27-13-19(21)12-23-28-14-20-8-9-22(26)29-31(20)23/h8-11,13-14,17-18,24H,12,15-16H2,1-7H3/t17-,18+,24?. The minimum Gasteiger partial charge on any atom is -0.413 e. The molecule has 0 bridgehead atoms. The first-order chi connectivity index (χ1) is 15.5. The van der Waals surface area contributed by atoms with Gasteiger partial charge in [0.25, 0.3) is 0 Å². The monoisotopic (exact) mass is 485 g/mol. The molecule has 0 saturated carbocycles. The Labute approximate surface area is 203 Å². The maximum Gasteiger partial charge on any atom is 0.192 e. The predicted octanol–water partition coefficient (Wildman–Crippen LogP) is 5.85. The number of piperidine rings is 1. The van der Waals surface area contributed by atoms with Gasteiger partial charge in [-0.3, -0.25) is 4.98 Å². The normalized spacial score (nSPS) is 22.2. The summed E-state index contributed by atoms with van der Waals surface area (Å²) in [5.74, 6) is 1.74. The fourth-order valence-electron chi connectivity index (χ4n) is 4.55. The van der Waals surface area contributed by atoms with E-state index in [0.29, 0.717) is 23.4 Å². The summed E-state index contributed by atoms with van der Waals surface area (Å²) in [5, 5.41) is 5.11. The third kappa shape index (κ3) is 4.95. The average Bonchev–Trinajstić information content (AvgIpc) is 3.12. The van der Waals surface area contributed by atoms with Crippen LogP contribution in [0.3, 0.4) is 0 Å². The van der Waals surface area contributed by atoms with E-state index in [4.69, 9.17) is 16.0 Å². The van der Waals surface area contributed by atoms with Crippen molar-refractivity contribution in [3.05, 3.63) is 53.3 Å². The molecule has 1 fully saturated rings. The molecule has 4 heterocycles. The van der Waals surface area contributed by atoms with Gasteiger partial charge in [0, 0.05) is 43.2 Å². The van der Waals surface area contributed by atoms with Gasteiger partial charge in [-0.15, -0.1) is 0 Å². The summed E-state index contributed by atoms with van der Waals surface area (Å²) in [6.45, 7) is 18.2. The molecule has 0 N–H and O–H groups in total. The van der Waals surface area contributed by atoms with E-state index in [2.05, 4.69) is 73.7 Å². The second-order valence-corrected chi connectivity index (χ2v) is 16.2. The number of anilines is 1. The van der Waals surface area contributed by atoms with Crippen LogP contribution >= 0.6 is 11.6 Å². The number of fused-ring (bicyclic) bond motifs is 1. The van der Waals surface area contributed by atoms with Crippen LogP contribution in [0, 0.1) is 11.8 Å². The Kier molecular flexibility index (Phi) is 6.59. The number of nitrogens with zero attached hydrogens (tertiary/aromatic N) is 5. The molecule has 33 heavy (non-hydrogen) atoms. The van der Waals surface area contributed by atoms with Crippen LogP contribution in [-0.2, 0) is 10.8 Å². The molecule has 3 atom stereocenters. The fourth-order valence-corrected chi connectivity index (χ4v) is 6.19. The summed E-state index contributed by atoms with van der Waals surface area (Å²) in [7, 11) is -1.82. The van der Waals surface area contributed by atoms with Gasteiger partial charge < -0.3 is 9.33 Å². The van der Waals surface area contributed by atoms with E-state index in [1.54, 1.807) is 6.07 Å². The molecule has 0 amide bonds. The van der Waals surface area contributed by atoms with Crippen molar-refractivity contribution >= 4 is 31.1 Å². The zero-order valence-electron chi connectivity index (χ0n) is 20.8. The molecule has 3 aromatic heterocycles. The lowest BCUT2D eigenvalue weighted by molar-refractivity contribution is 0.0627. The second-order valence-electron chi connectivity index (χ2n) is 11.1. The number of hydrogen-bond acceptors (Lipinski definition) is 5. The van der Waals surface area contributed by atoms with Gasteiger partial charge >= 0.3 is 0 Å². The van der Waals surface area contributed by atoms with Gasteiger partial charge in [-0.2, -0.15) is 5.10 Å². The van der Waals surface area contributed by atoms with Crippen LogP contribution in [0.4, 0.5) is 5.69 Å². The van der Waals surface area contributed by atoms with Crippen molar-refractivity contribution in [2.24, 2.45) is 11.8 Å². The molecule has 4 rings (SSSR count). The summed E-state index contributed by atoms with van der Waals surface area (Å²) >= 11 is 6.13. The first kappa shape index (κ1) is 24.2. The molecular weight excluding hydrogens is 450 g/mol. The molecule has 1 saturated heterocycles. The molecule has 6 nitrogen and oxygen atoms in total. The highest BCUT2D eigenvalue weighted by molar-refractivity contribution is 6.74. The summed E-state index contributed by atoms with van der Waals surface area (Å²) in [4.78, 5) is 11.5. The lowest BCUT2D eigenvalue weighted by Crippen LogP contribution is -2.54. The second kappa shape index (κ2) is 9.00. The molecule has 178 valence electrons. The number of pyridine rings is 1. The fraction of sp³-hybridized carbons (Fsp3) is 0.560. The van der Waals surface area contributed by atoms with Crippen LogP contribution < -0.4 is 4.90 Å². The van der Waals surface area contributed by atoms with Crippen LogP contribution in [0.25, 0.3) is 5.52 Å². The highest BCUT2D eigenvalue weighted by atomic mass is 35.5. The maximum atomic E-state index is 6.89. The summed E-state index contributed by atoms with van der Waals surface area (Å²) < 4.78 is 8.72. The Hall–Kier alpha value is -1.96. The van der Waals surface area contributed by atoms with Crippen LogP contribution in [0.15, 0.2) is 36.8 Å². The van der Waals surface area contributed by atoms with Gasteiger partial charge in [0.15, 0.2) is 8.32 Å². The van der Waals surface area contributed by atoms with Crippen LogP contribution in [0.1, 0.15) is 46.0 Å². The van der Waals surface area contributed by atoms with E-state index in [0.717, 1.165) is 30.0 Å². The Morgan fingerprint density at radius 2 is 1.79 bits per heavy atom. The van der Waals surface area contributed by atoms with Crippen molar-refractivity contribution in [3.63, 3.8) is 0 Å².